The SMILES string of the molecule is CC1(C)OB(C(=Cc2ccc(C(=O)CCl)cc2)CNC(=O)OCc2ccccc2)OC1(C)C. The molecule has 8 heteroatoms. The van der Waals surface area contributed by atoms with Crippen LogP contribution in [-0.2, 0) is 20.7 Å². The normalized spacial score (nSPS) is 17.0. The third-order valence-corrected chi connectivity index (χ3v) is 6.15. The van der Waals surface area contributed by atoms with E-state index in [4.69, 9.17) is 25.6 Å². The van der Waals surface area contributed by atoms with E-state index in [1.807, 2.05) is 76.2 Å². The highest BCUT2D eigenvalue weighted by atomic mass is 35.5. The van der Waals surface area contributed by atoms with Gasteiger partial charge in [0.1, 0.15) is 6.61 Å². The summed E-state index contributed by atoms with van der Waals surface area (Å²) in [5.74, 6) is -0.204. The predicted molar refractivity (Wildman–Crippen MR) is 130 cm³/mol. The Bertz CT molecular complexity index is 989. The van der Waals surface area contributed by atoms with Crippen LogP contribution < -0.4 is 5.32 Å². The zero-order valence-corrected chi connectivity index (χ0v) is 20.1. The number of alkyl halides is 1. The molecule has 1 aliphatic heterocycles. The number of nitrogens with one attached hydrogen (secondary N) is 1. The molecular formula is C25H29BClNO5. The Morgan fingerprint density at radius 1 is 1.00 bits per heavy atom. The summed E-state index contributed by atoms with van der Waals surface area (Å²) in [7, 11) is -0.645. The number of Topliss-reactive ketones (excluding diaryl/α,β-unsaturated/α-hetero) is 1. The molecule has 1 amide bonds. The highest BCUT2D eigenvalue weighted by Gasteiger charge is 2.52. The molecule has 1 saturated heterocycles. The molecule has 0 spiro atoms. The summed E-state index contributed by atoms with van der Waals surface area (Å²) in [6.45, 7) is 8.24. The fourth-order valence-corrected chi connectivity index (χ4v) is 3.36. The van der Waals surface area contributed by atoms with Gasteiger partial charge in [0.15, 0.2) is 5.78 Å². The van der Waals surface area contributed by atoms with Gasteiger partial charge in [0, 0.05) is 12.1 Å². The fraction of sp³-hybridized carbons (Fsp3) is 0.360. The van der Waals surface area contributed by atoms with E-state index in [0.717, 1.165) is 16.6 Å². The first-order chi connectivity index (χ1) is 15.6. The Hall–Kier alpha value is -2.61. The van der Waals surface area contributed by atoms with Gasteiger partial charge in [-0.15, -0.1) is 11.6 Å². The average molecular weight is 470 g/mol. The number of alkyl carbamates (subject to hydrolysis) is 1. The number of hydrogen-bond acceptors (Lipinski definition) is 5. The molecule has 1 N–H and O–H groups in total. The van der Waals surface area contributed by atoms with Crippen LogP contribution in [0.3, 0.4) is 0 Å². The van der Waals surface area contributed by atoms with Crippen LogP contribution >= 0.6 is 11.6 Å². The van der Waals surface area contributed by atoms with Crippen LogP contribution in [0.4, 0.5) is 4.79 Å². The Morgan fingerprint density at radius 3 is 2.18 bits per heavy atom. The van der Waals surface area contributed by atoms with Crippen molar-refractivity contribution in [2.24, 2.45) is 0 Å². The van der Waals surface area contributed by atoms with Gasteiger partial charge in [0.05, 0.1) is 17.1 Å². The monoisotopic (exact) mass is 469 g/mol. The number of halogens is 1. The van der Waals surface area contributed by atoms with Gasteiger partial charge in [-0.2, -0.15) is 0 Å². The number of ether oxygens (including phenoxy) is 1. The van der Waals surface area contributed by atoms with Crippen molar-refractivity contribution in [3.8, 4) is 0 Å². The minimum atomic E-state index is -0.645. The summed E-state index contributed by atoms with van der Waals surface area (Å²) in [4.78, 5) is 24.1. The van der Waals surface area contributed by atoms with Gasteiger partial charge in [0.2, 0.25) is 0 Å². The lowest BCUT2D eigenvalue weighted by Crippen LogP contribution is -2.41. The predicted octanol–water partition coefficient (Wildman–Crippen LogP) is 5.05. The van der Waals surface area contributed by atoms with Gasteiger partial charge < -0.3 is 19.4 Å². The van der Waals surface area contributed by atoms with Gasteiger partial charge in [-0.3, -0.25) is 4.79 Å². The molecule has 1 heterocycles. The molecule has 6 nitrogen and oxygen atoms in total. The van der Waals surface area contributed by atoms with Crippen LogP contribution in [-0.4, -0.2) is 42.6 Å². The number of carbonyl (C=O) groups is 2. The van der Waals surface area contributed by atoms with Crippen molar-refractivity contribution >= 4 is 36.7 Å². The summed E-state index contributed by atoms with van der Waals surface area (Å²) in [6, 6.07) is 16.5. The quantitative estimate of drug-likeness (QED) is 0.333. The van der Waals surface area contributed by atoms with Crippen molar-refractivity contribution in [1.29, 1.82) is 0 Å². The zero-order chi connectivity index (χ0) is 24.1. The first-order valence-electron chi connectivity index (χ1n) is 10.8. The lowest BCUT2D eigenvalue weighted by Gasteiger charge is -2.32. The van der Waals surface area contributed by atoms with E-state index >= 15 is 0 Å². The second-order valence-electron chi connectivity index (χ2n) is 8.90. The molecule has 0 aromatic heterocycles. The topological polar surface area (TPSA) is 73.9 Å². The van der Waals surface area contributed by atoms with Crippen molar-refractivity contribution < 1.29 is 23.6 Å². The second-order valence-corrected chi connectivity index (χ2v) is 9.17. The van der Waals surface area contributed by atoms with E-state index in [1.165, 1.54) is 0 Å². The van der Waals surface area contributed by atoms with Crippen molar-refractivity contribution in [2.75, 3.05) is 12.4 Å². The molecule has 174 valence electrons. The van der Waals surface area contributed by atoms with Crippen molar-refractivity contribution in [3.05, 3.63) is 76.8 Å². The molecule has 0 radical (unpaired) electrons. The van der Waals surface area contributed by atoms with E-state index in [-0.39, 0.29) is 24.8 Å². The molecule has 2 aromatic rings. The van der Waals surface area contributed by atoms with Crippen LogP contribution in [0, 0.1) is 0 Å². The Balaban J connectivity index is 1.73. The fourth-order valence-electron chi connectivity index (χ4n) is 3.20. The minimum absolute atomic E-state index is 0.0661. The summed E-state index contributed by atoms with van der Waals surface area (Å²) < 4.78 is 17.7. The maximum Gasteiger partial charge on any atom is 0.492 e. The first-order valence-corrected chi connectivity index (χ1v) is 11.3. The minimum Gasteiger partial charge on any atom is -0.445 e. The van der Waals surface area contributed by atoms with E-state index in [1.54, 1.807) is 12.1 Å². The van der Waals surface area contributed by atoms with E-state index in [9.17, 15) is 9.59 Å². The maximum absolute atomic E-state index is 12.3. The Labute approximate surface area is 200 Å². The number of amides is 1. The van der Waals surface area contributed by atoms with Crippen molar-refractivity contribution in [1.82, 2.24) is 5.32 Å². The van der Waals surface area contributed by atoms with Gasteiger partial charge in [-0.1, -0.05) is 60.7 Å². The van der Waals surface area contributed by atoms with Gasteiger partial charge in [0.25, 0.3) is 0 Å². The molecule has 0 atom stereocenters. The Kier molecular flexibility index (Phi) is 8.00. The molecule has 1 fully saturated rings. The molecule has 1 aliphatic rings. The lowest BCUT2D eigenvalue weighted by atomic mass is 9.77. The van der Waals surface area contributed by atoms with Crippen molar-refractivity contribution in [2.45, 2.75) is 45.5 Å². The number of benzene rings is 2. The van der Waals surface area contributed by atoms with Gasteiger partial charge in [-0.25, -0.2) is 4.79 Å². The van der Waals surface area contributed by atoms with Crippen molar-refractivity contribution in [3.63, 3.8) is 0 Å². The van der Waals surface area contributed by atoms with Crippen LogP contribution in [0.5, 0.6) is 0 Å². The van der Waals surface area contributed by atoms with Gasteiger partial charge >= 0.3 is 13.2 Å². The molecule has 33 heavy (non-hydrogen) atoms. The standard InChI is InChI=1S/C25H29BClNO5/c1-24(2)25(3,4)33-26(32-24)21(14-18-10-12-20(13-11-18)22(29)15-27)16-28-23(30)31-17-19-8-6-5-7-9-19/h5-14H,15-17H2,1-4H3,(H,28,30). The smallest absolute Gasteiger partial charge is 0.445 e. The molecule has 2 aromatic carbocycles. The number of rotatable bonds is 8. The molecular weight excluding hydrogens is 441 g/mol. The third kappa shape index (κ3) is 6.47. The summed E-state index contributed by atoms with van der Waals surface area (Å²) in [6.07, 6.45) is 1.35. The number of hydrogen-bond donors (Lipinski definition) is 1. The maximum atomic E-state index is 12.3. The van der Waals surface area contributed by atoms with Crippen LogP contribution in [0.25, 0.3) is 6.08 Å². The highest BCUT2D eigenvalue weighted by Crippen LogP contribution is 2.38. The molecule has 0 saturated carbocycles. The van der Waals surface area contributed by atoms with E-state index < -0.39 is 24.4 Å². The number of carbonyl (C=O) groups excluding carboxylic acids is 2. The summed E-state index contributed by atoms with van der Waals surface area (Å²) in [5, 5.41) is 2.78. The van der Waals surface area contributed by atoms with Crippen LogP contribution in [0.2, 0.25) is 0 Å². The Morgan fingerprint density at radius 2 is 1.61 bits per heavy atom. The molecule has 0 bridgehead atoms. The van der Waals surface area contributed by atoms with E-state index in [2.05, 4.69) is 5.32 Å². The van der Waals surface area contributed by atoms with Crippen LogP contribution in [0.1, 0.15) is 49.2 Å². The molecule has 0 aliphatic carbocycles. The molecule has 3 rings (SSSR count). The molecule has 0 unspecified atom stereocenters. The second kappa shape index (κ2) is 10.6. The summed E-state index contributed by atoms with van der Waals surface area (Å²) in [5.41, 5.74) is 1.96. The van der Waals surface area contributed by atoms with Gasteiger partial charge in [-0.05, 0) is 44.3 Å². The highest BCUT2D eigenvalue weighted by molar-refractivity contribution is 6.56. The van der Waals surface area contributed by atoms with Crippen LogP contribution in [0.15, 0.2) is 60.1 Å². The number of ketones is 1. The average Bonchev–Trinajstić information content (AvgIpc) is 3.02. The lowest BCUT2D eigenvalue weighted by molar-refractivity contribution is 0.00578. The largest absolute Gasteiger partial charge is 0.492 e. The zero-order valence-electron chi connectivity index (χ0n) is 19.4. The van der Waals surface area contributed by atoms with E-state index in [0.29, 0.717) is 5.56 Å². The first kappa shape index (κ1) is 25.0. The third-order valence-electron chi connectivity index (χ3n) is 5.91. The summed E-state index contributed by atoms with van der Waals surface area (Å²) >= 11 is 5.64.